The maximum atomic E-state index is 14.7. The zero-order chi connectivity index (χ0) is 27.2. The molecule has 0 fully saturated rings. The van der Waals surface area contributed by atoms with E-state index in [1.807, 2.05) is 51.1 Å². The first-order chi connectivity index (χ1) is 17.5. The van der Waals surface area contributed by atoms with Crippen molar-refractivity contribution in [3.8, 4) is 11.3 Å². The van der Waals surface area contributed by atoms with Crippen LogP contribution in [0, 0.1) is 17.0 Å². The van der Waals surface area contributed by atoms with Gasteiger partial charge in [0.05, 0.1) is 18.3 Å². The Labute approximate surface area is 216 Å². The second-order valence-corrected chi connectivity index (χ2v) is 10.2. The molecule has 1 heterocycles. The molecule has 37 heavy (non-hydrogen) atoms. The fourth-order valence-corrected chi connectivity index (χ4v) is 4.35. The molecular weight excluding hydrogens is 481 g/mol. The summed E-state index contributed by atoms with van der Waals surface area (Å²) in [7, 11) is 1.43. The molecule has 0 aliphatic rings. The second kappa shape index (κ2) is 12.4. The molecule has 6 nitrogen and oxygen atoms in total. The molecule has 0 aliphatic carbocycles. The van der Waals surface area contributed by atoms with E-state index < -0.39 is 35.8 Å². The fraction of sp³-hybridized carbons (Fsp3) is 0.429. The van der Waals surface area contributed by atoms with Gasteiger partial charge < -0.3 is 19.9 Å². The Morgan fingerprint density at radius 1 is 1.16 bits per heavy atom. The zero-order valence-electron chi connectivity index (χ0n) is 21.8. The molecule has 0 spiro atoms. The van der Waals surface area contributed by atoms with Gasteiger partial charge in [0, 0.05) is 37.0 Å². The average Bonchev–Trinajstić information content (AvgIpc) is 3.26. The van der Waals surface area contributed by atoms with E-state index in [9.17, 15) is 18.0 Å². The lowest BCUT2D eigenvalue weighted by molar-refractivity contribution is -0.140. The molecule has 2 aromatic carbocycles. The Kier molecular flexibility index (Phi) is 9.50. The van der Waals surface area contributed by atoms with E-state index in [0.29, 0.717) is 11.5 Å². The molecule has 2 unspecified atom stereocenters. The highest BCUT2D eigenvalue weighted by molar-refractivity contribution is 5.78. The Bertz CT molecular complexity index is 1180. The van der Waals surface area contributed by atoms with Gasteiger partial charge in [0.2, 0.25) is 5.91 Å². The normalized spacial score (nSPS) is 13.4. The number of halogens is 3. The number of hydrogen-bond donors (Lipinski definition) is 1. The molecule has 3 aromatic rings. The van der Waals surface area contributed by atoms with Gasteiger partial charge >= 0.3 is 0 Å². The van der Waals surface area contributed by atoms with Gasteiger partial charge in [0.25, 0.3) is 0 Å². The van der Waals surface area contributed by atoms with Crippen molar-refractivity contribution >= 4 is 5.91 Å². The van der Waals surface area contributed by atoms with Crippen molar-refractivity contribution in [1.82, 2.24) is 14.5 Å². The van der Waals surface area contributed by atoms with Crippen molar-refractivity contribution in [2.24, 2.45) is 11.1 Å². The predicted molar refractivity (Wildman–Crippen MR) is 137 cm³/mol. The van der Waals surface area contributed by atoms with E-state index in [-0.39, 0.29) is 37.6 Å². The number of carbonyl (C=O) groups is 1. The van der Waals surface area contributed by atoms with Crippen LogP contribution >= 0.6 is 0 Å². The topological polar surface area (TPSA) is 73.4 Å². The first kappa shape index (κ1) is 28.4. The standard InChI is InChI=1S/C28H35F3N4O2/c1-28(2,3)26(35(25(36)18-37-4)13-12-22(32)15-29)27-33-24(19-8-6-5-7-9-19)17-34(27)16-20-14-21(30)10-11-23(20)31/h5-11,14,17,22,26H,12-13,15-16,18,32H2,1-4H3. The van der Waals surface area contributed by atoms with Crippen LogP contribution in [0.25, 0.3) is 11.3 Å². The van der Waals surface area contributed by atoms with Crippen LogP contribution in [0.2, 0.25) is 0 Å². The lowest BCUT2D eigenvalue weighted by Crippen LogP contribution is -2.45. The van der Waals surface area contributed by atoms with Crippen LogP contribution in [0.1, 0.15) is 44.6 Å². The Hall–Kier alpha value is -3.17. The lowest BCUT2D eigenvalue weighted by Gasteiger charge is -2.40. The minimum atomic E-state index is -0.723. The molecular formula is C28H35F3N4O2. The summed E-state index contributed by atoms with van der Waals surface area (Å²) in [5.74, 6) is -0.906. The number of ether oxygens (including phenoxy) is 1. The van der Waals surface area contributed by atoms with Gasteiger partial charge in [-0.25, -0.2) is 18.2 Å². The minimum absolute atomic E-state index is 0.00163. The maximum Gasteiger partial charge on any atom is 0.249 e. The van der Waals surface area contributed by atoms with Crippen LogP contribution in [0.3, 0.4) is 0 Å². The third kappa shape index (κ3) is 7.20. The predicted octanol–water partition coefficient (Wildman–Crippen LogP) is 5.13. The maximum absolute atomic E-state index is 14.7. The van der Waals surface area contributed by atoms with Crippen LogP contribution in [0.15, 0.2) is 54.7 Å². The van der Waals surface area contributed by atoms with Crippen LogP contribution in [-0.2, 0) is 16.1 Å². The summed E-state index contributed by atoms with van der Waals surface area (Å²) in [6, 6.07) is 11.5. The molecule has 0 radical (unpaired) electrons. The number of imidazole rings is 1. The molecule has 1 aromatic heterocycles. The number of aromatic nitrogens is 2. The van der Waals surface area contributed by atoms with Crippen molar-refractivity contribution < 1.29 is 22.7 Å². The van der Waals surface area contributed by atoms with Crippen LogP contribution in [0.4, 0.5) is 13.2 Å². The van der Waals surface area contributed by atoms with Crippen LogP contribution in [-0.4, -0.2) is 53.3 Å². The van der Waals surface area contributed by atoms with E-state index in [4.69, 9.17) is 15.5 Å². The summed E-state index contributed by atoms with van der Waals surface area (Å²) in [6.07, 6.45) is 2.02. The number of hydrogen-bond acceptors (Lipinski definition) is 4. The SMILES string of the molecule is COCC(=O)N(CCC(N)CF)C(c1nc(-c2ccccc2)cn1Cc1cc(F)ccc1F)C(C)(C)C. The van der Waals surface area contributed by atoms with E-state index in [1.54, 1.807) is 15.7 Å². The second-order valence-electron chi connectivity index (χ2n) is 10.2. The number of rotatable bonds is 11. The number of carbonyl (C=O) groups excluding carboxylic acids is 1. The highest BCUT2D eigenvalue weighted by Crippen LogP contribution is 2.39. The van der Waals surface area contributed by atoms with Crippen molar-refractivity contribution in [3.63, 3.8) is 0 Å². The lowest BCUT2D eigenvalue weighted by atomic mass is 9.84. The number of benzene rings is 2. The molecule has 1 amide bonds. The third-order valence-electron chi connectivity index (χ3n) is 6.13. The Morgan fingerprint density at radius 2 is 1.86 bits per heavy atom. The molecule has 0 saturated heterocycles. The van der Waals surface area contributed by atoms with Gasteiger partial charge in [0.15, 0.2) is 0 Å². The molecule has 9 heteroatoms. The summed E-state index contributed by atoms with van der Waals surface area (Å²) < 4.78 is 48.7. The average molecular weight is 517 g/mol. The molecule has 3 rings (SSSR count). The van der Waals surface area contributed by atoms with Gasteiger partial charge in [0.1, 0.15) is 30.7 Å². The number of amides is 1. The van der Waals surface area contributed by atoms with Crippen LogP contribution < -0.4 is 5.73 Å². The largest absolute Gasteiger partial charge is 0.375 e. The van der Waals surface area contributed by atoms with E-state index in [2.05, 4.69) is 0 Å². The van der Waals surface area contributed by atoms with Gasteiger partial charge in [-0.2, -0.15) is 0 Å². The number of nitrogens with zero attached hydrogens (tertiary/aromatic N) is 3. The first-order valence-electron chi connectivity index (χ1n) is 12.2. The van der Waals surface area contributed by atoms with Crippen molar-refractivity contribution in [3.05, 3.63) is 77.8 Å². The quantitative estimate of drug-likeness (QED) is 0.384. The van der Waals surface area contributed by atoms with E-state index >= 15 is 0 Å². The summed E-state index contributed by atoms with van der Waals surface area (Å²) in [5, 5.41) is 0. The number of methoxy groups -OCH3 is 1. The molecule has 2 atom stereocenters. The van der Waals surface area contributed by atoms with Gasteiger partial charge in [-0.3, -0.25) is 4.79 Å². The summed E-state index contributed by atoms with van der Waals surface area (Å²) in [4.78, 5) is 19.8. The van der Waals surface area contributed by atoms with Gasteiger partial charge in [-0.15, -0.1) is 0 Å². The Balaban J connectivity index is 2.17. The highest BCUT2D eigenvalue weighted by atomic mass is 19.1. The van der Waals surface area contributed by atoms with Crippen molar-refractivity contribution in [2.45, 2.75) is 45.8 Å². The summed E-state index contributed by atoms with van der Waals surface area (Å²) in [6.45, 7) is 5.18. The zero-order valence-corrected chi connectivity index (χ0v) is 21.8. The number of alkyl halides is 1. The van der Waals surface area contributed by atoms with Crippen LogP contribution in [0.5, 0.6) is 0 Å². The van der Waals surface area contributed by atoms with Crippen molar-refractivity contribution in [2.75, 3.05) is 26.9 Å². The monoisotopic (exact) mass is 516 g/mol. The smallest absolute Gasteiger partial charge is 0.249 e. The Morgan fingerprint density at radius 3 is 2.49 bits per heavy atom. The molecule has 0 aliphatic heterocycles. The van der Waals surface area contributed by atoms with Gasteiger partial charge in [-0.1, -0.05) is 51.1 Å². The summed E-state index contributed by atoms with van der Waals surface area (Å²) >= 11 is 0. The third-order valence-corrected chi connectivity index (χ3v) is 6.13. The molecule has 2 N–H and O–H groups in total. The van der Waals surface area contributed by atoms with E-state index in [1.165, 1.54) is 7.11 Å². The number of nitrogens with two attached hydrogens (primary N) is 1. The minimum Gasteiger partial charge on any atom is -0.375 e. The fourth-order valence-electron chi connectivity index (χ4n) is 4.35. The highest BCUT2D eigenvalue weighted by Gasteiger charge is 2.38. The van der Waals surface area contributed by atoms with Crippen molar-refractivity contribution in [1.29, 1.82) is 0 Å². The van der Waals surface area contributed by atoms with Gasteiger partial charge in [-0.05, 0) is 30.0 Å². The summed E-state index contributed by atoms with van der Waals surface area (Å²) in [5.41, 5.74) is 6.92. The molecule has 0 saturated carbocycles. The first-order valence-corrected chi connectivity index (χ1v) is 12.2. The van der Waals surface area contributed by atoms with E-state index in [0.717, 1.165) is 23.8 Å². The molecule has 0 bridgehead atoms. The molecule has 200 valence electrons.